The number of aromatic nitrogens is 2. The molecule has 0 radical (unpaired) electrons. The zero-order chi connectivity index (χ0) is 25.6. The van der Waals surface area contributed by atoms with Gasteiger partial charge < -0.3 is 19.7 Å². The first kappa shape index (κ1) is 26.4. The average Bonchev–Trinajstić information content (AvgIpc) is 3.15. The Morgan fingerprint density at radius 3 is 2.77 bits per heavy atom. The molecule has 1 aromatic heterocycles. The lowest BCUT2D eigenvalue weighted by molar-refractivity contribution is -0.144. The standard InChI is InChI=1S/C22H28N5O7P/c1-4-31-19(28)15(2)26-35(30,34-16-8-6-5-7-9-16)32-13-17-12-22(3,14-23)20(33-17)27-11-10-18(24)25-21(27)29/h5-11,15,17,20H,4,12-13H2,1-3H3,(H,26,30)(H2,24,25,29)/t15-,17-,20+,22-,35?/m0/s1. The van der Waals surface area contributed by atoms with E-state index in [0.717, 1.165) is 0 Å². The molecule has 2 aromatic rings. The van der Waals surface area contributed by atoms with Crippen LogP contribution in [-0.4, -0.2) is 40.9 Å². The Morgan fingerprint density at radius 2 is 2.14 bits per heavy atom. The maximum absolute atomic E-state index is 13.6. The number of nitrogens with two attached hydrogens (primary N) is 1. The van der Waals surface area contributed by atoms with E-state index in [4.69, 9.17) is 24.3 Å². The second-order valence-corrected chi connectivity index (χ2v) is 9.88. The number of hydrogen-bond donors (Lipinski definition) is 2. The molecule has 12 nitrogen and oxygen atoms in total. The first-order valence-corrected chi connectivity index (χ1v) is 12.5. The molecule has 2 heterocycles. The van der Waals surface area contributed by atoms with Crippen molar-refractivity contribution in [3.63, 3.8) is 0 Å². The van der Waals surface area contributed by atoms with Gasteiger partial charge in [0, 0.05) is 6.20 Å². The maximum atomic E-state index is 13.6. The van der Waals surface area contributed by atoms with Crippen molar-refractivity contribution in [2.75, 3.05) is 18.9 Å². The van der Waals surface area contributed by atoms with Gasteiger partial charge in [0.2, 0.25) is 0 Å². The Kier molecular flexibility index (Phi) is 8.30. The number of anilines is 1. The van der Waals surface area contributed by atoms with Crippen LogP contribution in [0.3, 0.4) is 0 Å². The van der Waals surface area contributed by atoms with Crippen LogP contribution in [0.15, 0.2) is 47.4 Å². The van der Waals surface area contributed by atoms with E-state index in [0.29, 0.717) is 0 Å². The summed E-state index contributed by atoms with van der Waals surface area (Å²) in [6.07, 6.45) is -0.117. The van der Waals surface area contributed by atoms with Crippen molar-refractivity contribution in [2.45, 2.75) is 45.6 Å². The van der Waals surface area contributed by atoms with Gasteiger partial charge in [0.05, 0.1) is 25.4 Å². The van der Waals surface area contributed by atoms with Gasteiger partial charge in [-0.15, -0.1) is 0 Å². The lowest BCUT2D eigenvalue weighted by Gasteiger charge is -2.24. The van der Waals surface area contributed by atoms with Crippen LogP contribution in [0.2, 0.25) is 0 Å². The summed E-state index contributed by atoms with van der Waals surface area (Å²) in [5.74, 6) is -0.327. The highest BCUT2D eigenvalue weighted by molar-refractivity contribution is 7.52. The number of nitriles is 1. The van der Waals surface area contributed by atoms with Crippen LogP contribution in [0.1, 0.15) is 33.4 Å². The molecule has 0 amide bonds. The molecule has 0 spiro atoms. The van der Waals surface area contributed by atoms with Gasteiger partial charge in [0.15, 0.2) is 6.23 Å². The second kappa shape index (κ2) is 11.0. The lowest BCUT2D eigenvalue weighted by atomic mass is 9.87. The minimum atomic E-state index is -4.10. The number of nitrogen functional groups attached to an aromatic ring is 1. The van der Waals surface area contributed by atoms with Crippen LogP contribution in [0, 0.1) is 16.7 Å². The zero-order valence-electron chi connectivity index (χ0n) is 19.6. The average molecular weight is 505 g/mol. The topological polar surface area (TPSA) is 168 Å². The molecule has 0 bridgehead atoms. The molecule has 1 fully saturated rings. The number of benzene rings is 1. The predicted molar refractivity (Wildman–Crippen MR) is 125 cm³/mol. The monoisotopic (exact) mass is 505 g/mol. The van der Waals surface area contributed by atoms with Crippen LogP contribution in [-0.2, 0) is 23.4 Å². The first-order valence-electron chi connectivity index (χ1n) is 10.9. The molecule has 3 N–H and O–H groups in total. The van der Waals surface area contributed by atoms with E-state index in [1.807, 2.05) is 0 Å². The largest absolute Gasteiger partial charge is 0.465 e. The number of esters is 1. The third kappa shape index (κ3) is 6.46. The summed E-state index contributed by atoms with van der Waals surface area (Å²) in [6, 6.07) is 10.9. The Bertz CT molecular complexity index is 1180. The molecule has 35 heavy (non-hydrogen) atoms. The Morgan fingerprint density at radius 1 is 1.43 bits per heavy atom. The molecule has 5 atom stereocenters. The number of carbonyl (C=O) groups excluding carboxylic acids is 1. The number of rotatable bonds is 10. The van der Waals surface area contributed by atoms with E-state index >= 15 is 0 Å². The summed E-state index contributed by atoms with van der Waals surface area (Å²) >= 11 is 0. The van der Waals surface area contributed by atoms with Crippen molar-refractivity contribution in [3.8, 4) is 11.8 Å². The number of hydrogen-bond acceptors (Lipinski definition) is 10. The molecule has 0 saturated carbocycles. The summed E-state index contributed by atoms with van der Waals surface area (Å²) in [5.41, 5.74) is 3.79. The Labute approximate surface area is 202 Å². The minimum absolute atomic E-state index is 0.0450. The van der Waals surface area contributed by atoms with Gasteiger partial charge in [0.1, 0.15) is 23.0 Å². The van der Waals surface area contributed by atoms with E-state index in [9.17, 15) is 19.4 Å². The fraction of sp³-hybridized carbons (Fsp3) is 0.455. The smallest absolute Gasteiger partial charge is 0.459 e. The van der Waals surface area contributed by atoms with Crippen molar-refractivity contribution in [3.05, 3.63) is 53.1 Å². The summed E-state index contributed by atoms with van der Waals surface area (Å²) < 4.78 is 36.9. The maximum Gasteiger partial charge on any atom is 0.459 e. The molecule has 1 saturated heterocycles. The molecule has 1 aromatic carbocycles. The van der Waals surface area contributed by atoms with Crippen molar-refractivity contribution in [1.29, 1.82) is 5.26 Å². The lowest BCUT2D eigenvalue weighted by Crippen LogP contribution is -2.35. The molecule has 1 aliphatic heterocycles. The van der Waals surface area contributed by atoms with Crippen LogP contribution in [0.5, 0.6) is 5.75 Å². The van der Waals surface area contributed by atoms with Gasteiger partial charge >= 0.3 is 19.4 Å². The van der Waals surface area contributed by atoms with Gasteiger partial charge in [-0.05, 0) is 45.4 Å². The van der Waals surface area contributed by atoms with Crippen LogP contribution in [0.25, 0.3) is 0 Å². The molecule has 13 heteroatoms. The number of nitrogens with zero attached hydrogens (tertiary/aromatic N) is 3. The van der Waals surface area contributed by atoms with Crippen LogP contribution >= 0.6 is 7.75 Å². The minimum Gasteiger partial charge on any atom is -0.465 e. The normalized spacial score (nSPS) is 24.2. The summed E-state index contributed by atoms with van der Waals surface area (Å²) in [4.78, 5) is 28.1. The van der Waals surface area contributed by atoms with Crippen molar-refractivity contribution in [2.24, 2.45) is 5.41 Å². The highest BCUT2D eigenvalue weighted by atomic mass is 31.2. The third-order valence-corrected chi connectivity index (χ3v) is 6.91. The molecular weight excluding hydrogens is 477 g/mol. The van der Waals surface area contributed by atoms with E-state index in [1.54, 1.807) is 44.2 Å². The Balaban J connectivity index is 1.78. The molecule has 1 unspecified atom stereocenters. The van der Waals surface area contributed by atoms with E-state index < -0.39 is 43.2 Å². The number of nitrogens with one attached hydrogen (secondary N) is 1. The fourth-order valence-electron chi connectivity index (χ4n) is 3.58. The van der Waals surface area contributed by atoms with Crippen molar-refractivity contribution in [1.82, 2.24) is 14.6 Å². The molecule has 3 rings (SSSR count). The first-order chi connectivity index (χ1) is 16.6. The third-order valence-electron chi connectivity index (χ3n) is 5.27. The van der Waals surface area contributed by atoms with Crippen LogP contribution in [0.4, 0.5) is 5.82 Å². The summed E-state index contributed by atoms with van der Waals surface area (Å²) in [6.45, 7) is 4.67. The van der Waals surface area contributed by atoms with Gasteiger partial charge in [-0.2, -0.15) is 15.3 Å². The molecule has 1 aliphatic rings. The molecule has 188 valence electrons. The number of carbonyl (C=O) groups is 1. The van der Waals surface area contributed by atoms with Gasteiger partial charge in [-0.1, -0.05) is 18.2 Å². The molecular formula is C22H28N5O7P. The van der Waals surface area contributed by atoms with Crippen molar-refractivity contribution >= 4 is 19.5 Å². The van der Waals surface area contributed by atoms with E-state index in [-0.39, 0.29) is 31.2 Å². The van der Waals surface area contributed by atoms with Gasteiger partial charge in [-0.25, -0.2) is 9.36 Å². The van der Waals surface area contributed by atoms with Crippen molar-refractivity contribution < 1.29 is 27.9 Å². The zero-order valence-corrected chi connectivity index (χ0v) is 20.5. The quantitative estimate of drug-likeness (QED) is 0.359. The fourth-order valence-corrected chi connectivity index (χ4v) is 5.10. The van der Waals surface area contributed by atoms with Crippen LogP contribution < -0.4 is 21.0 Å². The highest BCUT2D eigenvalue weighted by Gasteiger charge is 2.48. The highest BCUT2D eigenvalue weighted by Crippen LogP contribution is 2.48. The van der Waals surface area contributed by atoms with Gasteiger partial charge in [-0.3, -0.25) is 13.9 Å². The summed E-state index contributed by atoms with van der Waals surface area (Å²) in [5, 5.41) is 12.4. The SMILES string of the molecule is CCOC(=O)[C@H](C)NP(=O)(OC[C@@H]1C[C@@](C)(C#N)[C@H](n2ccc(N)nc2=O)O1)Oc1ccccc1. The predicted octanol–water partition coefficient (Wildman–Crippen LogP) is 2.39. The number of ether oxygens (including phenoxy) is 2. The number of para-hydroxylation sites is 1. The summed E-state index contributed by atoms with van der Waals surface area (Å²) in [7, 11) is -4.10. The van der Waals surface area contributed by atoms with E-state index in [2.05, 4.69) is 16.1 Å². The van der Waals surface area contributed by atoms with E-state index in [1.165, 1.54) is 23.8 Å². The van der Waals surface area contributed by atoms with Gasteiger partial charge in [0.25, 0.3) is 0 Å². The Hall–Kier alpha value is -3.23. The second-order valence-electron chi connectivity index (χ2n) is 8.19. The molecule has 0 aliphatic carbocycles.